The van der Waals surface area contributed by atoms with Gasteiger partial charge in [0.15, 0.2) is 0 Å². The average Bonchev–Trinajstić information content (AvgIpc) is 2.61. The molecule has 0 unspecified atom stereocenters. The van der Waals surface area contributed by atoms with Gasteiger partial charge in [-0.25, -0.2) is 4.68 Å². The van der Waals surface area contributed by atoms with Gasteiger partial charge in [0.25, 0.3) is 0 Å². The van der Waals surface area contributed by atoms with Crippen molar-refractivity contribution in [1.29, 1.82) is 0 Å². The fourth-order valence-corrected chi connectivity index (χ4v) is 2.23. The molecule has 5 nitrogen and oxygen atoms in total. The first kappa shape index (κ1) is 12.5. The molecule has 1 aliphatic rings. The van der Waals surface area contributed by atoms with Crippen molar-refractivity contribution in [3.05, 3.63) is 11.4 Å². The summed E-state index contributed by atoms with van der Waals surface area (Å²) >= 11 is 0. The second kappa shape index (κ2) is 6.12. The molecule has 2 rings (SSSR count). The summed E-state index contributed by atoms with van der Waals surface area (Å²) in [6.45, 7) is 2.32. The van der Waals surface area contributed by atoms with E-state index in [1.807, 2.05) is 11.7 Å². The highest BCUT2D eigenvalue weighted by Gasteiger charge is 2.18. The highest BCUT2D eigenvalue weighted by molar-refractivity contribution is 5.09. The zero-order valence-corrected chi connectivity index (χ0v) is 10.8. The SMILES string of the molecule is CNCc1nnn(CCC2CCC2)c1COC. The Balaban J connectivity index is 1.97. The Labute approximate surface area is 103 Å². The van der Waals surface area contributed by atoms with Gasteiger partial charge in [-0.05, 0) is 19.4 Å². The van der Waals surface area contributed by atoms with Gasteiger partial charge in [0.1, 0.15) is 5.69 Å². The van der Waals surface area contributed by atoms with E-state index >= 15 is 0 Å². The second-order valence-electron chi connectivity index (χ2n) is 4.75. The highest BCUT2D eigenvalue weighted by Crippen LogP contribution is 2.29. The van der Waals surface area contributed by atoms with E-state index in [2.05, 4.69) is 15.6 Å². The standard InChI is InChI=1S/C12H22N4O/c1-13-8-11-12(9-17-2)16(15-14-11)7-6-10-4-3-5-10/h10,13H,3-9H2,1-2H3. The molecule has 5 heteroatoms. The lowest BCUT2D eigenvalue weighted by Crippen LogP contribution is -2.16. The van der Waals surface area contributed by atoms with Crippen LogP contribution in [0.4, 0.5) is 0 Å². The van der Waals surface area contributed by atoms with Crippen LogP contribution in [-0.4, -0.2) is 29.2 Å². The van der Waals surface area contributed by atoms with Crippen LogP contribution in [0.5, 0.6) is 0 Å². The Hall–Kier alpha value is -0.940. The van der Waals surface area contributed by atoms with Crippen LogP contribution in [0, 0.1) is 5.92 Å². The minimum Gasteiger partial charge on any atom is -0.378 e. The minimum absolute atomic E-state index is 0.592. The van der Waals surface area contributed by atoms with Crippen LogP contribution in [0.1, 0.15) is 37.1 Å². The molecule has 1 aromatic rings. The number of hydrogen-bond donors (Lipinski definition) is 1. The van der Waals surface area contributed by atoms with Gasteiger partial charge in [-0.1, -0.05) is 24.5 Å². The Morgan fingerprint density at radius 1 is 1.47 bits per heavy atom. The molecule has 0 aromatic carbocycles. The first-order valence-corrected chi connectivity index (χ1v) is 6.40. The van der Waals surface area contributed by atoms with Crippen LogP contribution in [-0.2, 0) is 24.4 Å². The molecule has 0 spiro atoms. The fraction of sp³-hybridized carbons (Fsp3) is 0.833. The molecule has 0 amide bonds. The minimum atomic E-state index is 0.592. The quantitative estimate of drug-likeness (QED) is 0.778. The first-order chi connectivity index (χ1) is 8.35. The molecule has 1 N–H and O–H groups in total. The van der Waals surface area contributed by atoms with Gasteiger partial charge < -0.3 is 10.1 Å². The Morgan fingerprint density at radius 2 is 2.29 bits per heavy atom. The van der Waals surface area contributed by atoms with Gasteiger partial charge in [-0.15, -0.1) is 5.10 Å². The third-order valence-electron chi connectivity index (χ3n) is 3.52. The molecule has 1 aromatic heterocycles. The van der Waals surface area contributed by atoms with Crippen LogP contribution in [0.25, 0.3) is 0 Å². The van der Waals surface area contributed by atoms with Crippen molar-refractivity contribution >= 4 is 0 Å². The molecule has 1 saturated carbocycles. The topological polar surface area (TPSA) is 52.0 Å². The summed E-state index contributed by atoms with van der Waals surface area (Å²) < 4.78 is 7.24. The molecule has 1 fully saturated rings. The van der Waals surface area contributed by atoms with E-state index in [9.17, 15) is 0 Å². The monoisotopic (exact) mass is 238 g/mol. The third kappa shape index (κ3) is 3.04. The summed E-state index contributed by atoms with van der Waals surface area (Å²) in [4.78, 5) is 0. The summed E-state index contributed by atoms with van der Waals surface area (Å²) in [5, 5.41) is 11.6. The lowest BCUT2D eigenvalue weighted by molar-refractivity contribution is 0.173. The molecule has 1 heterocycles. The van der Waals surface area contributed by atoms with Crippen LogP contribution in [0.15, 0.2) is 0 Å². The zero-order valence-electron chi connectivity index (χ0n) is 10.8. The maximum Gasteiger partial charge on any atom is 0.102 e. The Morgan fingerprint density at radius 3 is 2.88 bits per heavy atom. The van der Waals surface area contributed by atoms with E-state index in [4.69, 9.17) is 4.74 Å². The number of rotatable bonds is 7. The second-order valence-corrected chi connectivity index (χ2v) is 4.75. The molecule has 17 heavy (non-hydrogen) atoms. The molecule has 96 valence electrons. The highest BCUT2D eigenvalue weighted by atomic mass is 16.5. The third-order valence-corrected chi connectivity index (χ3v) is 3.52. The summed E-state index contributed by atoms with van der Waals surface area (Å²) in [5.41, 5.74) is 2.11. The number of nitrogens with zero attached hydrogens (tertiary/aromatic N) is 3. The predicted octanol–water partition coefficient (Wildman–Crippen LogP) is 1.33. The van der Waals surface area contributed by atoms with Gasteiger partial charge in [0.2, 0.25) is 0 Å². The molecular formula is C12H22N4O. The van der Waals surface area contributed by atoms with Crippen LogP contribution in [0.2, 0.25) is 0 Å². The van der Waals surface area contributed by atoms with Crippen molar-refractivity contribution in [3.63, 3.8) is 0 Å². The van der Waals surface area contributed by atoms with Crippen molar-refractivity contribution < 1.29 is 4.74 Å². The number of aryl methyl sites for hydroxylation is 1. The van der Waals surface area contributed by atoms with Crippen molar-refractivity contribution in [2.24, 2.45) is 5.92 Å². The van der Waals surface area contributed by atoms with Gasteiger partial charge in [-0.2, -0.15) is 0 Å². The van der Waals surface area contributed by atoms with Crippen molar-refractivity contribution in [2.45, 2.75) is 45.4 Å². The maximum atomic E-state index is 5.23. The molecule has 0 saturated heterocycles. The van der Waals surface area contributed by atoms with Gasteiger partial charge >= 0.3 is 0 Å². The van der Waals surface area contributed by atoms with E-state index in [-0.39, 0.29) is 0 Å². The van der Waals surface area contributed by atoms with Crippen molar-refractivity contribution in [2.75, 3.05) is 14.2 Å². The summed E-state index contributed by atoms with van der Waals surface area (Å²) in [6.07, 6.45) is 5.40. The summed E-state index contributed by atoms with van der Waals surface area (Å²) in [6, 6.07) is 0. The molecule has 0 atom stereocenters. The largest absolute Gasteiger partial charge is 0.378 e. The van der Waals surface area contributed by atoms with Gasteiger partial charge in [0, 0.05) is 20.2 Å². The normalized spacial score (nSPS) is 16.1. The van der Waals surface area contributed by atoms with Crippen LogP contribution >= 0.6 is 0 Å². The predicted molar refractivity (Wildman–Crippen MR) is 65.5 cm³/mol. The Kier molecular flexibility index (Phi) is 4.50. The number of nitrogens with one attached hydrogen (secondary N) is 1. The van der Waals surface area contributed by atoms with Crippen LogP contribution in [0.3, 0.4) is 0 Å². The maximum absolute atomic E-state index is 5.23. The van der Waals surface area contributed by atoms with E-state index in [1.54, 1.807) is 7.11 Å². The molecule has 1 aliphatic carbocycles. The van der Waals surface area contributed by atoms with E-state index in [0.717, 1.165) is 30.4 Å². The van der Waals surface area contributed by atoms with Crippen molar-refractivity contribution in [3.8, 4) is 0 Å². The molecular weight excluding hydrogens is 216 g/mol. The van der Waals surface area contributed by atoms with Gasteiger partial charge in [0.05, 0.1) is 12.3 Å². The lowest BCUT2D eigenvalue weighted by Gasteiger charge is -2.25. The van der Waals surface area contributed by atoms with Crippen molar-refractivity contribution in [1.82, 2.24) is 20.3 Å². The fourth-order valence-electron chi connectivity index (χ4n) is 2.23. The van der Waals surface area contributed by atoms with Gasteiger partial charge in [-0.3, -0.25) is 0 Å². The number of aromatic nitrogens is 3. The number of hydrogen-bond acceptors (Lipinski definition) is 4. The average molecular weight is 238 g/mol. The Bertz CT molecular complexity index is 346. The lowest BCUT2D eigenvalue weighted by atomic mass is 9.83. The number of methoxy groups -OCH3 is 1. The zero-order chi connectivity index (χ0) is 12.1. The molecule has 0 aliphatic heterocycles. The van der Waals surface area contributed by atoms with E-state index in [0.29, 0.717) is 6.61 Å². The summed E-state index contributed by atoms with van der Waals surface area (Å²) in [5.74, 6) is 0.905. The van der Waals surface area contributed by atoms with E-state index in [1.165, 1.54) is 25.7 Å². The molecule has 0 bridgehead atoms. The van der Waals surface area contributed by atoms with Crippen LogP contribution < -0.4 is 5.32 Å². The first-order valence-electron chi connectivity index (χ1n) is 6.40. The molecule has 0 radical (unpaired) electrons. The smallest absolute Gasteiger partial charge is 0.102 e. The number of ether oxygens (including phenoxy) is 1. The summed E-state index contributed by atoms with van der Waals surface area (Å²) in [7, 11) is 3.64. The van der Waals surface area contributed by atoms with E-state index < -0.39 is 0 Å².